The maximum absolute atomic E-state index is 11.2. The molecule has 0 aliphatic carbocycles. The Morgan fingerprint density at radius 1 is 1.31 bits per heavy atom. The molecule has 0 spiro atoms. The average Bonchev–Trinajstić information content (AvgIpc) is 2.29. The van der Waals surface area contributed by atoms with Crippen LogP contribution in [0.4, 0.5) is 4.79 Å². The molecule has 0 aliphatic heterocycles. The van der Waals surface area contributed by atoms with E-state index in [2.05, 4.69) is 5.32 Å². The van der Waals surface area contributed by atoms with Gasteiger partial charge in [0, 0.05) is 13.1 Å². The summed E-state index contributed by atoms with van der Waals surface area (Å²) < 4.78 is 10.2. The quantitative estimate of drug-likeness (QED) is 0.786. The Kier molecular flexibility index (Phi) is 5.15. The van der Waals surface area contributed by atoms with Gasteiger partial charge >= 0.3 is 6.09 Å². The van der Waals surface area contributed by atoms with Crippen LogP contribution in [-0.4, -0.2) is 25.8 Å². The van der Waals surface area contributed by atoms with Crippen molar-refractivity contribution in [3.63, 3.8) is 0 Å². The molecule has 0 aromatic heterocycles. The van der Waals surface area contributed by atoms with Gasteiger partial charge in [-0.05, 0) is 31.2 Å². The van der Waals surface area contributed by atoms with Crippen molar-refractivity contribution in [1.82, 2.24) is 5.32 Å². The van der Waals surface area contributed by atoms with E-state index in [1.165, 1.54) is 0 Å². The Hall–Kier alpha value is -1.75. The van der Waals surface area contributed by atoms with E-state index in [1.807, 2.05) is 6.92 Å². The Balaban J connectivity index is 2.45. The normalized spacial score (nSPS) is 9.62. The summed E-state index contributed by atoms with van der Waals surface area (Å²) in [5.41, 5.74) is 5.24. The van der Waals surface area contributed by atoms with E-state index in [1.54, 1.807) is 24.3 Å². The van der Waals surface area contributed by atoms with Gasteiger partial charge in [-0.1, -0.05) is 0 Å². The number of nitrogens with one attached hydrogen (secondary N) is 1. The lowest BCUT2D eigenvalue weighted by Crippen LogP contribution is -2.31. The maximum atomic E-state index is 11.2. The van der Waals surface area contributed by atoms with Crippen LogP contribution < -0.4 is 20.5 Å². The summed E-state index contributed by atoms with van der Waals surface area (Å²) in [6, 6.07) is 6.84. The second-order valence-electron chi connectivity index (χ2n) is 3.01. The zero-order valence-corrected chi connectivity index (χ0v) is 9.23. The summed E-state index contributed by atoms with van der Waals surface area (Å²) in [6.45, 7) is 3.30. The van der Waals surface area contributed by atoms with Crippen molar-refractivity contribution in [2.75, 3.05) is 19.7 Å². The molecule has 0 fully saturated rings. The third kappa shape index (κ3) is 4.18. The van der Waals surface area contributed by atoms with E-state index in [-0.39, 0.29) is 0 Å². The highest BCUT2D eigenvalue weighted by molar-refractivity contribution is 5.70. The van der Waals surface area contributed by atoms with Crippen LogP contribution in [0, 0.1) is 0 Å². The molecule has 0 unspecified atom stereocenters. The molecule has 5 heteroatoms. The smallest absolute Gasteiger partial charge is 0.412 e. The number of benzene rings is 1. The van der Waals surface area contributed by atoms with Crippen LogP contribution in [0.15, 0.2) is 24.3 Å². The highest BCUT2D eigenvalue weighted by atomic mass is 16.6. The predicted molar refractivity (Wildman–Crippen MR) is 60.7 cm³/mol. The monoisotopic (exact) mass is 224 g/mol. The van der Waals surface area contributed by atoms with Crippen molar-refractivity contribution in [1.29, 1.82) is 0 Å². The molecule has 0 aliphatic rings. The van der Waals surface area contributed by atoms with E-state index in [4.69, 9.17) is 15.2 Å². The fraction of sp³-hybridized carbons (Fsp3) is 0.364. The lowest BCUT2D eigenvalue weighted by atomic mass is 10.3. The van der Waals surface area contributed by atoms with Gasteiger partial charge in [0.15, 0.2) is 0 Å². The molecule has 1 aromatic rings. The van der Waals surface area contributed by atoms with Crippen LogP contribution in [0.2, 0.25) is 0 Å². The van der Waals surface area contributed by atoms with Gasteiger partial charge in [-0.3, -0.25) is 0 Å². The highest BCUT2D eigenvalue weighted by Crippen LogP contribution is 2.17. The minimum atomic E-state index is -0.505. The number of hydrogen-bond donors (Lipinski definition) is 2. The molecule has 1 rings (SSSR count). The van der Waals surface area contributed by atoms with E-state index >= 15 is 0 Å². The van der Waals surface area contributed by atoms with Crippen LogP contribution in [0.1, 0.15) is 6.92 Å². The topological polar surface area (TPSA) is 73.6 Å². The van der Waals surface area contributed by atoms with Gasteiger partial charge in [-0.15, -0.1) is 0 Å². The van der Waals surface area contributed by atoms with Crippen molar-refractivity contribution in [3.8, 4) is 11.5 Å². The molecule has 3 N–H and O–H groups in total. The van der Waals surface area contributed by atoms with Crippen LogP contribution in [0.5, 0.6) is 11.5 Å². The van der Waals surface area contributed by atoms with Gasteiger partial charge in [0.1, 0.15) is 11.5 Å². The molecule has 1 aromatic carbocycles. The molecule has 0 saturated carbocycles. The molecule has 0 bridgehead atoms. The fourth-order valence-corrected chi connectivity index (χ4v) is 1.09. The van der Waals surface area contributed by atoms with E-state index in [9.17, 15) is 4.79 Å². The minimum Gasteiger partial charge on any atom is -0.494 e. The van der Waals surface area contributed by atoms with Gasteiger partial charge in [0.05, 0.1) is 6.61 Å². The molecule has 0 atom stereocenters. The summed E-state index contributed by atoms with van der Waals surface area (Å²) in [4.78, 5) is 11.2. The van der Waals surface area contributed by atoms with E-state index in [0.717, 1.165) is 5.75 Å². The molecule has 0 radical (unpaired) electrons. The standard InChI is InChI=1S/C11H16N2O3/c1-2-15-9-3-5-10(6-4-9)16-11(14)13-8-7-12/h3-6H,2,7-8,12H2,1H3,(H,13,14). The first-order chi connectivity index (χ1) is 7.76. The second-order valence-corrected chi connectivity index (χ2v) is 3.01. The fourth-order valence-electron chi connectivity index (χ4n) is 1.09. The molecule has 16 heavy (non-hydrogen) atoms. The number of carbonyl (C=O) groups excluding carboxylic acids is 1. The van der Waals surface area contributed by atoms with Crippen molar-refractivity contribution in [2.45, 2.75) is 6.92 Å². The summed E-state index contributed by atoms with van der Waals surface area (Å²) in [7, 11) is 0. The van der Waals surface area contributed by atoms with Crippen molar-refractivity contribution in [2.24, 2.45) is 5.73 Å². The first kappa shape index (κ1) is 12.3. The Labute approximate surface area is 94.5 Å². The number of rotatable bonds is 5. The van der Waals surface area contributed by atoms with E-state index in [0.29, 0.717) is 25.4 Å². The summed E-state index contributed by atoms with van der Waals surface area (Å²) in [5, 5.41) is 2.50. The molecule has 0 saturated heterocycles. The Bertz CT molecular complexity index is 325. The summed E-state index contributed by atoms with van der Waals surface area (Å²) >= 11 is 0. The van der Waals surface area contributed by atoms with Gasteiger partial charge < -0.3 is 20.5 Å². The molecular weight excluding hydrogens is 208 g/mol. The van der Waals surface area contributed by atoms with Gasteiger partial charge in [-0.2, -0.15) is 0 Å². The predicted octanol–water partition coefficient (Wildman–Crippen LogP) is 1.13. The first-order valence-electron chi connectivity index (χ1n) is 5.15. The first-order valence-corrected chi connectivity index (χ1v) is 5.15. The number of ether oxygens (including phenoxy) is 2. The number of nitrogens with two attached hydrogens (primary N) is 1. The van der Waals surface area contributed by atoms with Gasteiger partial charge in [0.2, 0.25) is 0 Å². The molecule has 1 amide bonds. The third-order valence-electron chi connectivity index (χ3n) is 1.76. The lowest BCUT2D eigenvalue weighted by molar-refractivity contribution is 0.200. The van der Waals surface area contributed by atoms with Crippen LogP contribution in [-0.2, 0) is 0 Å². The summed E-state index contributed by atoms with van der Waals surface area (Å²) in [5.74, 6) is 1.22. The molecule has 88 valence electrons. The third-order valence-corrected chi connectivity index (χ3v) is 1.76. The second kappa shape index (κ2) is 6.68. The zero-order valence-electron chi connectivity index (χ0n) is 9.23. The average molecular weight is 224 g/mol. The van der Waals surface area contributed by atoms with Crippen LogP contribution in [0.3, 0.4) is 0 Å². The van der Waals surface area contributed by atoms with Gasteiger partial charge in [-0.25, -0.2) is 4.79 Å². The largest absolute Gasteiger partial charge is 0.494 e. The highest BCUT2D eigenvalue weighted by Gasteiger charge is 2.02. The maximum Gasteiger partial charge on any atom is 0.412 e. The van der Waals surface area contributed by atoms with Gasteiger partial charge in [0.25, 0.3) is 0 Å². The molecule has 5 nitrogen and oxygen atoms in total. The number of hydrogen-bond acceptors (Lipinski definition) is 4. The van der Waals surface area contributed by atoms with Crippen molar-refractivity contribution >= 4 is 6.09 Å². The zero-order chi connectivity index (χ0) is 11.8. The molecule has 0 heterocycles. The lowest BCUT2D eigenvalue weighted by Gasteiger charge is -2.06. The van der Waals surface area contributed by atoms with Crippen LogP contribution >= 0.6 is 0 Å². The Morgan fingerprint density at radius 3 is 2.50 bits per heavy atom. The summed E-state index contributed by atoms with van der Waals surface area (Å²) in [6.07, 6.45) is -0.505. The van der Waals surface area contributed by atoms with Crippen LogP contribution in [0.25, 0.3) is 0 Å². The Morgan fingerprint density at radius 2 is 1.94 bits per heavy atom. The SMILES string of the molecule is CCOc1ccc(OC(=O)NCCN)cc1. The molecular formula is C11H16N2O3. The minimum absolute atomic E-state index is 0.387. The van der Waals surface area contributed by atoms with Crippen molar-refractivity contribution in [3.05, 3.63) is 24.3 Å². The van der Waals surface area contributed by atoms with E-state index < -0.39 is 6.09 Å². The number of amides is 1. The van der Waals surface area contributed by atoms with Crippen molar-refractivity contribution < 1.29 is 14.3 Å². The number of carbonyl (C=O) groups is 1.